The van der Waals surface area contributed by atoms with E-state index < -0.39 is 5.97 Å². The highest BCUT2D eigenvalue weighted by Crippen LogP contribution is 2.35. The number of esters is 1. The summed E-state index contributed by atoms with van der Waals surface area (Å²) < 4.78 is 4.80. The number of hydrogen-bond acceptors (Lipinski definition) is 5. The standard InChI is InChI=1S/C22H27N3O3/c1-16(26)28-15-22(27)23-14-21(18-8-10-19(11-9-18)24(2)3)25-13-12-17-6-4-5-7-20(17)25/h4-11,21H,12-15H2,1-3H3,(H,23,27). The molecule has 0 saturated heterocycles. The van der Waals surface area contributed by atoms with Gasteiger partial charge in [-0.2, -0.15) is 0 Å². The maximum Gasteiger partial charge on any atom is 0.303 e. The number of amides is 1. The molecule has 0 saturated carbocycles. The molecule has 0 bridgehead atoms. The van der Waals surface area contributed by atoms with Crippen LogP contribution in [0.2, 0.25) is 0 Å². The molecule has 0 spiro atoms. The normalized spacial score (nSPS) is 13.6. The first-order valence-corrected chi connectivity index (χ1v) is 9.47. The van der Waals surface area contributed by atoms with Gasteiger partial charge in [-0.3, -0.25) is 9.59 Å². The molecule has 1 atom stereocenters. The topological polar surface area (TPSA) is 61.9 Å². The van der Waals surface area contributed by atoms with Crippen LogP contribution in [-0.2, 0) is 20.7 Å². The molecule has 1 aliphatic rings. The maximum atomic E-state index is 12.1. The summed E-state index contributed by atoms with van der Waals surface area (Å²) in [5.41, 5.74) is 4.79. The first-order valence-electron chi connectivity index (χ1n) is 9.47. The van der Waals surface area contributed by atoms with Crippen LogP contribution in [-0.4, -0.2) is 45.7 Å². The Kier molecular flexibility index (Phi) is 6.19. The molecule has 28 heavy (non-hydrogen) atoms. The third-order valence-corrected chi connectivity index (χ3v) is 4.99. The minimum absolute atomic E-state index is 0.00106. The summed E-state index contributed by atoms with van der Waals surface area (Å²) in [6, 6.07) is 16.8. The second kappa shape index (κ2) is 8.78. The number of nitrogens with zero attached hydrogens (tertiary/aromatic N) is 2. The van der Waals surface area contributed by atoms with E-state index in [-0.39, 0.29) is 18.6 Å². The second-order valence-electron chi connectivity index (χ2n) is 7.16. The van der Waals surface area contributed by atoms with E-state index in [0.29, 0.717) is 6.54 Å². The molecule has 1 aliphatic heterocycles. The Morgan fingerprint density at radius 1 is 1.14 bits per heavy atom. The predicted octanol–water partition coefficient (Wildman–Crippen LogP) is 2.54. The Balaban J connectivity index is 1.80. The van der Waals surface area contributed by atoms with Crippen molar-refractivity contribution in [2.24, 2.45) is 0 Å². The van der Waals surface area contributed by atoms with Gasteiger partial charge >= 0.3 is 5.97 Å². The molecule has 148 valence electrons. The zero-order valence-electron chi connectivity index (χ0n) is 16.6. The summed E-state index contributed by atoms with van der Waals surface area (Å²) in [7, 11) is 4.02. The lowest BCUT2D eigenvalue weighted by atomic mass is 10.0. The lowest BCUT2D eigenvalue weighted by Gasteiger charge is -2.31. The van der Waals surface area contributed by atoms with E-state index in [1.54, 1.807) is 0 Å². The number of benzene rings is 2. The van der Waals surface area contributed by atoms with Crippen LogP contribution in [0.15, 0.2) is 48.5 Å². The van der Waals surface area contributed by atoms with Crippen LogP contribution < -0.4 is 15.1 Å². The van der Waals surface area contributed by atoms with Crippen molar-refractivity contribution < 1.29 is 14.3 Å². The SMILES string of the molecule is CC(=O)OCC(=O)NCC(c1ccc(N(C)C)cc1)N1CCc2ccccc21. The molecule has 2 aromatic carbocycles. The summed E-state index contributed by atoms with van der Waals surface area (Å²) in [4.78, 5) is 27.4. The molecule has 3 rings (SSSR count). The van der Waals surface area contributed by atoms with Gasteiger partial charge in [0.1, 0.15) is 0 Å². The van der Waals surface area contributed by atoms with Gasteiger partial charge in [-0.1, -0.05) is 30.3 Å². The maximum absolute atomic E-state index is 12.1. The first-order chi connectivity index (χ1) is 13.5. The summed E-state index contributed by atoms with van der Waals surface area (Å²) in [6.07, 6.45) is 0.990. The van der Waals surface area contributed by atoms with Crippen LogP contribution in [0.1, 0.15) is 24.1 Å². The molecule has 1 unspecified atom stereocenters. The zero-order valence-corrected chi connectivity index (χ0v) is 16.6. The number of fused-ring (bicyclic) bond motifs is 1. The van der Waals surface area contributed by atoms with Crippen LogP contribution in [0.5, 0.6) is 0 Å². The molecule has 1 heterocycles. The van der Waals surface area contributed by atoms with E-state index in [4.69, 9.17) is 4.74 Å². The number of ether oxygens (including phenoxy) is 1. The molecule has 0 radical (unpaired) electrons. The Labute approximate surface area is 166 Å². The summed E-state index contributed by atoms with van der Waals surface area (Å²) in [6.45, 7) is 2.39. The monoisotopic (exact) mass is 381 g/mol. The van der Waals surface area contributed by atoms with E-state index >= 15 is 0 Å². The van der Waals surface area contributed by atoms with Gasteiger partial charge in [-0.05, 0) is 35.7 Å². The smallest absolute Gasteiger partial charge is 0.303 e. The van der Waals surface area contributed by atoms with E-state index in [1.165, 1.54) is 18.2 Å². The van der Waals surface area contributed by atoms with Crippen molar-refractivity contribution in [3.05, 3.63) is 59.7 Å². The molecule has 6 nitrogen and oxygen atoms in total. The molecule has 1 amide bonds. The van der Waals surface area contributed by atoms with Gasteiger partial charge in [-0.15, -0.1) is 0 Å². The van der Waals surface area contributed by atoms with Crippen LogP contribution in [0, 0.1) is 0 Å². The Morgan fingerprint density at radius 2 is 1.86 bits per heavy atom. The first kappa shape index (κ1) is 19.7. The Hall–Kier alpha value is -3.02. The minimum Gasteiger partial charge on any atom is -0.456 e. The van der Waals surface area contributed by atoms with Gasteiger partial charge in [0, 0.05) is 45.5 Å². The van der Waals surface area contributed by atoms with Gasteiger partial charge < -0.3 is 19.9 Å². The van der Waals surface area contributed by atoms with Gasteiger partial charge in [-0.25, -0.2) is 0 Å². The van der Waals surface area contributed by atoms with Gasteiger partial charge in [0.25, 0.3) is 5.91 Å². The number of para-hydroxylation sites is 1. The van der Waals surface area contributed by atoms with E-state index in [9.17, 15) is 9.59 Å². The average Bonchev–Trinajstić information content (AvgIpc) is 3.11. The van der Waals surface area contributed by atoms with Gasteiger partial charge in [0.2, 0.25) is 0 Å². The lowest BCUT2D eigenvalue weighted by Crippen LogP contribution is -2.39. The van der Waals surface area contributed by atoms with E-state index in [0.717, 1.165) is 24.2 Å². The Morgan fingerprint density at radius 3 is 2.54 bits per heavy atom. The molecular formula is C22H27N3O3. The van der Waals surface area contributed by atoms with Crippen molar-refractivity contribution in [1.82, 2.24) is 5.32 Å². The van der Waals surface area contributed by atoms with Crippen molar-refractivity contribution in [2.45, 2.75) is 19.4 Å². The van der Waals surface area contributed by atoms with Gasteiger partial charge in [0.05, 0.1) is 6.04 Å². The number of nitrogens with one attached hydrogen (secondary N) is 1. The predicted molar refractivity (Wildman–Crippen MR) is 111 cm³/mol. The highest BCUT2D eigenvalue weighted by Gasteiger charge is 2.27. The number of carbonyl (C=O) groups is 2. The third-order valence-electron chi connectivity index (χ3n) is 4.99. The largest absolute Gasteiger partial charge is 0.456 e. The Bertz CT molecular complexity index is 833. The van der Waals surface area contributed by atoms with Crippen LogP contribution >= 0.6 is 0 Å². The quantitative estimate of drug-likeness (QED) is 0.747. The fraction of sp³-hybridized carbons (Fsp3) is 0.364. The fourth-order valence-electron chi connectivity index (χ4n) is 3.52. The highest BCUT2D eigenvalue weighted by molar-refractivity contribution is 5.80. The van der Waals surface area contributed by atoms with Gasteiger partial charge in [0.15, 0.2) is 6.61 Å². The van der Waals surface area contributed by atoms with Crippen molar-refractivity contribution >= 4 is 23.3 Å². The molecule has 2 aromatic rings. The molecule has 0 aliphatic carbocycles. The molecule has 0 fully saturated rings. The molecule has 6 heteroatoms. The zero-order chi connectivity index (χ0) is 20.1. The van der Waals surface area contributed by atoms with Crippen molar-refractivity contribution in [3.8, 4) is 0 Å². The van der Waals surface area contributed by atoms with Crippen molar-refractivity contribution in [1.29, 1.82) is 0 Å². The van der Waals surface area contributed by atoms with Crippen LogP contribution in [0.3, 0.4) is 0 Å². The lowest BCUT2D eigenvalue weighted by molar-refractivity contribution is -0.146. The van der Waals surface area contributed by atoms with Crippen LogP contribution in [0.4, 0.5) is 11.4 Å². The molecule has 1 N–H and O–H groups in total. The molecular weight excluding hydrogens is 354 g/mol. The van der Waals surface area contributed by atoms with E-state index in [2.05, 4.69) is 57.6 Å². The van der Waals surface area contributed by atoms with Crippen molar-refractivity contribution in [3.63, 3.8) is 0 Å². The van der Waals surface area contributed by atoms with Crippen molar-refractivity contribution in [2.75, 3.05) is 43.6 Å². The third kappa shape index (κ3) is 4.63. The number of anilines is 2. The number of carbonyl (C=O) groups excluding carboxylic acids is 2. The second-order valence-corrected chi connectivity index (χ2v) is 7.16. The summed E-state index contributed by atoms with van der Waals surface area (Å²) in [5, 5.41) is 2.91. The van der Waals surface area contributed by atoms with Crippen LogP contribution in [0.25, 0.3) is 0 Å². The van der Waals surface area contributed by atoms with E-state index in [1.807, 2.05) is 20.2 Å². The minimum atomic E-state index is -0.459. The number of hydrogen-bond donors (Lipinski definition) is 1. The summed E-state index contributed by atoms with van der Waals surface area (Å²) in [5.74, 6) is -0.753. The highest BCUT2D eigenvalue weighted by atomic mass is 16.5. The fourth-order valence-corrected chi connectivity index (χ4v) is 3.52. The average molecular weight is 381 g/mol. The summed E-state index contributed by atoms with van der Waals surface area (Å²) >= 11 is 0. The number of rotatable bonds is 7. The molecule has 0 aromatic heterocycles.